The summed E-state index contributed by atoms with van der Waals surface area (Å²) in [5.74, 6) is 0.0750. The molecule has 0 spiro atoms. The number of nitrogens with one attached hydrogen (secondary N) is 2. The number of carbonyl (C=O) groups excluding carboxylic acids is 2. The Hall–Kier alpha value is -2.97. The molecule has 1 aromatic heterocycles. The first-order valence-corrected chi connectivity index (χ1v) is 9.57. The molecule has 2 N–H and O–H groups in total. The predicted molar refractivity (Wildman–Crippen MR) is 108 cm³/mol. The SMILES string of the molecule is COc1cccc(C(=O)NCCc2nnc(NC(=O)c3ccccc3Cl)s2)c1. The normalized spacial score (nSPS) is 10.4. The molecule has 3 rings (SSSR count). The van der Waals surface area contributed by atoms with Gasteiger partial charge in [-0.3, -0.25) is 14.9 Å². The van der Waals surface area contributed by atoms with Crippen LogP contribution in [0.3, 0.4) is 0 Å². The first-order valence-electron chi connectivity index (χ1n) is 8.37. The highest BCUT2D eigenvalue weighted by atomic mass is 35.5. The molecular formula is C19H17ClN4O3S. The average Bonchev–Trinajstić information content (AvgIpc) is 3.15. The van der Waals surface area contributed by atoms with E-state index >= 15 is 0 Å². The highest BCUT2D eigenvalue weighted by molar-refractivity contribution is 7.15. The minimum Gasteiger partial charge on any atom is -0.497 e. The van der Waals surface area contributed by atoms with E-state index in [-0.39, 0.29) is 11.8 Å². The van der Waals surface area contributed by atoms with Crippen LogP contribution in [-0.4, -0.2) is 35.7 Å². The first-order chi connectivity index (χ1) is 13.6. The molecule has 7 nitrogen and oxygen atoms in total. The van der Waals surface area contributed by atoms with Crippen molar-refractivity contribution in [3.63, 3.8) is 0 Å². The Morgan fingerprint density at radius 3 is 2.71 bits per heavy atom. The fourth-order valence-electron chi connectivity index (χ4n) is 2.36. The van der Waals surface area contributed by atoms with Crippen molar-refractivity contribution in [1.29, 1.82) is 0 Å². The molecule has 0 bridgehead atoms. The summed E-state index contributed by atoms with van der Waals surface area (Å²) >= 11 is 7.26. The minimum absolute atomic E-state index is 0.198. The molecule has 3 aromatic rings. The number of methoxy groups -OCH3 is 1. The lowest BCUT2D eigenvalue weighted by Crippen LogP contribution is -2.25. The maximum Gasteiger partial charge on any atom is 0.259 e. The fraction of sp³-hybridized carbons (Fsp3) is 0.158. The van der Waals surface area contributed by atoms with E-state index in [2.05, 4.69) is 20.8 Å². The number of anilines is 1. The zero-order valence-electron chi connectivity index (χ0n) is 14.9. The van der Waals surface area contributed by atoms with Crippen LogP contribution in [0.25, 0.3) is 0 Å². The Morgan fingerprint density at radius 1 is 1.11 bits per heavy atom. The van der Waals surface area contributed by atoms with Crippen LogP contribution in [0.15, 0.2) is 48.5 Å². The maximum absolute atomic E-state index is 12.2. The van der Waals surface area contributed by atoms with Gasteiger partial charge in [-0.2, -0.15) is 0 Å². The summed E-state index contributed by atoms with van der Waals surface area (Å²) in [6.07, 6.45) is 0.495. The first kappa shape index (κ1) is 19.8. The largest absolute Gasteiger partial charge is 0.497 e. The summed E-state index contributed by atoms with van der Waals surface area (Å²) in [5.41, 5.74) is 0.885. The Bertz CT molecular complexity index is 993. The van der Waals surface area contributed by atoms with Crippen LogP contribution in [0.2, 0.25) is 5.02 Å². The number of rotatable bonds is 7. The van der Waals surface area contributed by atoms with Crippen molar-refractivity contribution in [2.45, 2.75) is 6.42 Å². The van der Waals surface area contributed by atoms with Crippen molar-refractivity contribution < 1.29 is 14.3 Å². The van der Waals surface area contributed by atoms with E-state index in [1.807, 2.05) is 0 Å². The molecule has 1 heterocycles. The number of hydrogen-bond donors (Lipinski definition) is 2. The van der Waals surface area contributed by atoms with Crippen LogP contribution >= 0.6 is 22.9 Å². The van der Waals surface area contributed by atoms with Crippen molar-refractivity contribution in [2.24, 2.45) is 0 Å². The summed E-state index contributed by atoms with van der Waals surface area (Å²) in [7, 11) is 1.55. The third kappa shape index (κ3) is 5.05. The Morgan fingerprint density at radius 2 is 1.93 bits per heavy atom. The minimum atomic E-state index is -0.348. The maximum atomic E-state index is 12.2. The number of halogens is 1. The van der Waals surface area contributed by atoms with Gasteiger partial charge in [-0.15, -0.1) is 10.2 Å². The van der Waals surface area contributed by atoms with Crippen molar-refractivity contribution in [1.82, 2.24) is 15.5 Å². The topological polar surface area (TPSA) is 93.2 Å². The molecule has 9 heteroatoms. The number of ether oxygens (including phenoxy) is 1. The van der Waals surface area contributed by atoms with Crippen LogP contribution in [0.4, 0.5) is 5.13 Å². The van der Waals surface area contributed by atoms with Crippen LogP contribution in [0, 0.1) is 0 Å². The molecule has 28 heavy (non-hydrogen) atoms. The molecule has 0 aliphatic rings. The predicted octanol–water partition coefficient (Wildman–Crippen LogP) is 3.42. The molecule has 2 aromatic carbocycles. The Kier molecular flexibility index (Phi) is 6.57. The van der Waals surface area contributed by atoms with E-state index in [4.69, 9.17) is 16.3 Å². The standard InChI is InChI=1S/C19H17ClN4O3S/c1-27-13-6-4-5-12(11-13)17(25)21-10-9-16-23-24-19(28-16)22-18(26)14-7-2-3-8-15(14)20/h2-8,11H,9-10H2,1H3,(H,21,25)(H,22,24,26). The van der Waals surface area contributed by atoms with Crippen molar-refractivity contribution in [2.75, 3.05) is 19.0 Å². The van der Waals surface area contributed by atoms with Gasteiger partial charge in [-0.25, -0.2) is 0 Å². The number of aromatic nitrogens is 2. The summed E-state index contributed by atoms with van der Waals surface area (Å²) in [5, 5.41) is 14.9. The lowest BCUT2D eigenvalue weighted by Gasteiger charge is -2.05. The third-order valence-corrected chi connectivity index (χ3v) is 4.99. The average molecular weight is 417 g/mol. The number of amides is 2. The molecule has 0 aliphatic heterocycles. The molecule has 0 saturated carbocycles. The highest BCUT2D eigenvalue weighted by Crippen LogP contribution is 2.20. The molecule has 0 fully saturated rings. The fourth-order valence-corrected chi connectivity index (χ4v) is 3.32. The van der Waals surface area contributed by atoms with Gasteiger partial charge in [0.1, 0.15) is 10.8 Å². The second-order valence-corrected chi connectivity index (χ2v) is 7.14. The quantitative estimate of drug-likeness (QED) is 0.615. The van der Waals surface area contributed by atoms with E-state index in [1.165, 1.54) is 11.3 Å². The van der Waals surface area contributed by atoms with Crippen LogP contribution in [0.1, 0.15) is 25.7 Å². The van der Waals surface area contributed by atoms with Crippen LogP contribution in [-0.2, 0) is 6.42 Å². The Labute approximate surface area is 170 Å². The van der Waals surface area contributed by atoms with Gasteiger partial charge in [-0.05, 0) is 30.3 Å². The number of benzene rings is 2. The molecule has 0 radical (unpaired) electrons. The molecule has 144 valence electrons. The van der Waals surface area contributed by atoms with Gasteiger partial charge in [0, 0.05) is 18.5 Å². The number of carbonyl (C=O) groups is 2. The van der Waals surface area contributed by atoms with Gasteiger partial charge in [0.2, 0.25) is 5.13 Å². The molecule has 0 atom stereocenters. The number of hydrogen-bond acceptors (Lipinski definition) is 6. The molecule has 0 unspecified atom stereocenters. The van der Waals surface area contributed by atoms with Crippen molar-refractivity contribution in [3.8, 4) is 5.75 Å². The lowest BCUT2D eigenvalue weighted by molar-refractivity contribution is 0.0953. The van der Waals surface area contributed by atoms with E-state index in [1.54, 1.807) is 55.6 Å². The molecule has 0 aliphatic carbocycles. The third-order valence-electron chi connectivity index (χ3n) is 3.76. The van der Waals surface area contributed by atoms with Crippen molar-refractivity contribution in [3.05, 3.63) is 69.7 Å². The second-order valence-electron chi connectivity index (χ2n) is 5.67. The van der Waals surface area contributed by atoms with Crippen LogP contribution in [0.5, 0.6) is 5.75 Å². The zero-order valence-corrected chi connectivity index (χ0v) is 16.5. The van der Waals surface area contributed by atoms with Gasteiger partial charge in [0.25, 0.3) is 11.8 Å². The smallest absolute Gasteiger partial charge is 0.259 e. The summed E-state index contributed by atoms with van der Waals surface area (Å²) in [4.78, 5) is 24.4. The van der Waals surface area contributed by atoms with Gasteiger partial charge in [0.05, 0.1) is 17.7 Å². The molecule has 2 amide bonds. The monoisotopic (exact) mass is 416 g/mol. The lowest BCUT2D eigenvalue weighted by atomic mass is 10.2. The van der Waals surface area contributed by atoms with E-state index in [9.17, 15) is 9.59 Å². The summed E-state index contributed by atoms with van der Waals surface area (Å²) < 4.78 is 5.11. The highest BCUT2D eigenvalue weighted by Gasteiger charge is 2.13. The van der Waals surface area contributed by atoms with Crippen molar-refractivity contribution >= 4 is 39.9 Å². The van der Waals surface area contributed by atoms with Gasteiger partial charge in [0.15, 0.2) is 0 Å². The van der Waals surface area contributed by atoms with E-state index < -0.39 is 0 Å². The van der Waals surface area contributed by atoms with Gasteiger partial charge >= 0.3 is 0 Å². The summed E-state index contributed by atoms with van der Waals surface area (Å²) in [6, 6.07) is 13.7. The van der Waals surface area contributed by atoms with Crippen LogP contribution < -0.4 is 15.4 Å². The Balaban J connectivity index is 1.51. The zero-order chi connectivity index (χ0) is 19.9. The molecule has 0 saturated heterocycles. The van der Waals surface area contributed by atoms with Gasteiger partial charge in [-0.1, -0.05) is 41.1 Å². The summed E-state index contributed by atoms with van der Waals surface area (Å²) in [6.45, 7) is 0.392. The van der Waals surface area contributed by atoms with E-state index in [0.29, 0.717) is 45.0 Å². The number of nitrogens with zero attached hydrogens (tertiary/aromatic N) is 2. The second kappa shape index (κ2) is 9.29. The molecular weight excluding hydrogens is 400 g/mol. The van der Waals surface area contributed by atoms with Gasteiger partial charge < -0.3 is 10.1 Å². The van der Waals surface area contributed by atoms with E-state index in [0.717, 1.165) is 0 Å².